The van der Waals surface area contributed by atoms with Crippen LogP contribution < -0.4 is 10.5 Å². The molecule has 0 unspecified atom stereocenters. The first-order valence-electron chi connectivity index (χ1n) is 5.53. The first kappa shape index (κ1) is 12.8. The Morgan fingerprint density at radius 2 is 2.12 bits per heavy atom. The van der Waals surface area contributed by atoms with Crippen LogP contribution in [0.1, 0.15) is 0 Å². The highest BCUT2D eigenvalue weighted by molar-refractivity contribution is 14.1. The average molecular weight is 350 g/mol. The van der Waals surface area contributed by atoms with Gasteiger partial charge in [-0.2, -0.15) is 0 Å². The first-order valence-corrected chi connectivity index (χ1v) is 6.61. The molecule has 1 aromatic rings. The Kier molecular flexibility index (Phi) is 4.35. The van der Waals surface area contributed by atoms with Gasteiger partial charge in [-0.25, -0.2) is 4.98 Å². The van der Waals surface area contributed by atoms with Gasteiger partial charge in [0.1, 0.15) is 9.39 Å². The van der Waals surface area contributed by atoms with Gasteiger partial charge in [0, 0.05) is 32.7 Å². The summed E-state index contributed by atoms with van der Waals surface area (Å²) in [6.45, 7) is 4.38. The van der Waals surface area contributed by atoms with Crippen molar-refractivity contribution in [1.29, 1.82) is 0 Å². The van der Waals surface area contributed by atoms with Crippen molar-refractivity contribution in [3.05, 3.63) is 20.3 Å². The summed E-state index contributed by atoms with van der Waals surface area (Å²) in [5, 5.41) is 8.87. The van der Waals surface area contributed by atoms with Crippen LogP contribution in [0, 0.1) is 3.57 Å². The third kappa shape index (κ3) is 2.96. The first-order chi connectivity index (χ1) is 8.22. The van der Waals surface area contributed by atoms with Crippen molar-refractivity contribution in [2.45, 2.75) is 0 Å². The lowest BCUT2D eigenvalue weighted by atomic mass is 10.3. The molecule has 1 aromatic heterocycles. The van der Waals surface area contributed by atoms with Crippen LogP contribution >= 0.6 is 22.6 Å². The number of anilines is 1. The molecule has 0 bridgehead atoms. The highest BCUT2D eigenvalue weighted by atomic mass is 127. The minimum atomic E-state index is -0.0895. The third-order valence-electron chi connectivity index (χ3n) is 2.87. The number of β-amino-alcohol motifs (C(OH)–C–C–N with tert-alkyl or cyclic N) is 1. The van der Waals surface area contributed by atoms with E-state index in [1.807, 2.05) is 22.6 Å². The van der Waals surface area contributed by atoms with Crippen molar-refractivity contribution < 1.29 is 5.11 Å². The predicted octanol–water partition coefficient (Wildman–Crippen LogP) is -0.511. The fraction of sp³-hybridized carbons (Fsp3) is 0.600. The summed E-state index contributed by atoms with van der Waals surface area (Å²) in [6.07, 6.45) is 1.44. The lowest BCUT2D eigenvalue weighted by Gasteiger charge is -2.35. The molecule has 0 amide bonds. The van der Waals surface area contributed by atoms with Crippen LogP contribution in [-0.2, 0) is 0 Å². The Morgan fingerprint density at radius 3 is 2.76 bits per heavy atom. The van der Waals surface area contributed by atoms with Gasteiger partial charge in [0.25, 0.3) is 5.56 Å². The molecule has 0 spiro atoms. The minimum Gasteiger partial charge on any atom is -0.395 e. The van der Waals surface area contributed by atoms with Crippen LogP contribution in [0.2, 0.25) is 0 Å². The van der Waals surface area contributed by atoms with Gasteiger partial charge < -0.3 is 15.0 Å². The number of hydrogen-bond acceptors (Lipinski definition) is 5. The highest BCUT2D eigenvalue weighted by Gasteiger charge is 2.20. The molecule has 94 valence electrons. The number of hydrogen-bond donors (Lipinski definition) is 2. The number of H-pyrrole nitrogens is 1. The van der Waals surface area contributed by atoms with Gasteiger partial charge in [0.15, 0.2) is 0 Å². The number of aliphatic hydroxyl groups excluding tert-OH is 1. The second kappa shape index (κ2) is 5.78. The van der Waals surface area contributed by atoms with Crippen LogP contribution in [0.25, 0.3) is 0 Å². The zero-order valence-corrected chi connectivity index (χ0v) is 11.6. The molecule has 7 heteroatoms. The lowest BCUT2D eigenvalue weighted by molar-refractivity contribution is 0.188. The minimum absolute atomic E-state index is 0.0895. The Morgan fingerprint density at radius 1 is 1.41 bits per heavy atom. The molecule has 6 nitrogen and oxygen atoms in total. The van der Waals surface area contributed by atoms with Crippen LogP contribution in [0.4, 0.5) is 5.82 Å². The number of nitrogens with zero attached hydrogens (tertiary/aromatic N) is 3. The van der Waals surface area contributed by atoms with E-state index in [9.17, 15) is 4.79 Å². The van der Waals surface area contributed by atoms with E-state index in [1.165, 1.54) is 6.33 Å². The number of halogens is 1. The van der Waals surface area contributed by atoms with Crippen molar-refractivity contribution in [3.63, 3.8) is 0 Å². The number of aromatic nitrogens is 2. The zero-order valence-electron chi connectivity index (χ0n) is 9.40. The molecule has 0 aliphatic carbocycles. The number of rotatable bonds is 3. The van der Waals surface area contributed by atoms with Crippen LogP contribution in [0.15, 0.2) is 11.1 Å². The fourth-order valence-electron chi connectivity index (χ4n) is 1.92. The van der Waals surface area contributed by atoms with Gasteiger partial charge in [-0.15, -0.1) is 0 Å². The normalized spacial score (nSPS) is 17.4. The third-order valence-corrected chi connectivity index (χ3v) is 3.84. The Labute approximate surface area is 113 Å². The van der Waals surface area contributed by atoms with Gasteiger partial charge in [-0.3, -0.25) is 9.69 Å². The summed E-state index contributed by atoms with van der Waals surface area (Å²) >= 11 is 2.03. The van der Waals surface area contributed by atoms with E-state index in [2.05, 4.69) is 19.8 Å². The standard InChI is InChI=1S/C10H15IN4O2/c11-8-9(12-7-13-10(8)17)15-3-1-14(2-4-15)5-6-16/h7,16H,1-6H2,(H,12,13,17). The molecule has 0 aromatic carbocycles. The summed E-state index contributed by atoms with van der Waals surface area (Å²) in [4.78, 5) is 22.6. The van der Waals surface area contributed by atoms with E-state index in [-0.39, 0.29) is 12.2 Å². The van der Waals surface area contributed by atoms with Gasteiger partial charge >= 0.3 is 0 Å². The lowest BCUT2D eigenvalue weighted by Crippen LogP contribution is -2.48. The topological polar surface area (TPSA) is 72.5 Å². The van der Waals surface area contributed by atoms with Gasteiger partial charge in [-0.1, -0.05) is 0 Å². The van der Waals surface area contributed by atoms with E-state index in [1.54, 1.807) is 0 Å². The highest BCUT2D eigenvalue weighted by Crippen LogP contribution is 2.16. The molecule has 1 fully saturated rings. The molecular formula is C10H15IN4O2. The Balaban J connectivity index is 2.05. The average Bonchev–Trinajstić information content (AvgIpc) is 2.34. The SMILES string of the molecule is O=c1[nH]cnc(N2CCN(CCO)CC2)c1I. The van der Waals surface area contributed by atoms with Crippen molar-refractivity contribution in [1.82, 2.24) is 14.9 Å². The summed E-state index contributed by atoms with van der Waals surface area (Å²) < 4.78 is 0.640. The van der Waals surface area contributed by atoms with Gasteiger partial charge in [0.2, 0.25) is 0 Å². The van der Waals surface area contributed by atoms with E-state index < -0.39 is 0 Å². The number of piperazine rings is 1. The quantitative estimate of drug-likeness (QED) is 0.719. The monoisotopic (exact) mass is 350 g/mol. The Hall–Kier alpha value is -0.670. The van der Waals surface area contributed by atoms with Crippen molar-refractivity contribution >= 4 is 28.4 Å². The molecule has 0 atom stereocenters. The largest absolute Gasteiger partial charge is 0.395 e. The summed E-state index contributed by atoms with van der Waals surface area (Å²) in [5.41, 5.74) is -0.0895. The van der Waals surface area contributed by atoms with Gasteiger partial charge in [0.05, 0.1) is 12.9 Å². The maximum absolute atomic E-state index is 11.5. The molecule has 2 rings (SSSR count). The van der Waals surface area contributed by atoms with E-state index in [0.717, 1.165) is 32.0 Å². The van der Waals surface area contributed by atoms with Crippen molar-refractivity contribution in [2.75, 3.05) is 44.2 Å². The molecule has 2 N–H and O–H groups in total. The molecular weight excluding hydrogens is 335 g/mol. The van der Waals surface area contributed by atoms with Gasteiger partial charge in [-0.05, 0) is 22.6 Å². The van der Waals surface area contributed by atoms with E-state index in [0.29, 0.717) is 10.1 Å². The van der Waals surface area contributed by atoms with Crippen molar-refractivity contribution in [2.24, 2.45) is 0 Å². The predicted molar refractivity (Wildman–Crippen MR) is 73.3 cm³/mol. The van der Waals surface area contributed by atoms with Crippen LogP contribution in [0.3, 0.4) is 0 Å². The maximum Gasteiger partial charge on any atom is 0.266 e. The second-order valence-electron chi connectivity index (χ2n) is 3.92. The summed E-state index contributed by atoms with van der Waals surface area (Å²) in [5.74, 6) is 0.762. The van der Waals surface area contributed by atoms with E-state index >= 15 is 0 Å². The fourth-order valence-corrected chi connectivity index (χ4v) is 2.55. The summed E-state index contributed by atoms with van der Waals surface area (Å²) in [6, 6.07) is 0. The Bertz CT molecular complexity index is 429. The molecule has 1 saturated heterocycles. The molecule has 17 heavy (non-hydrogen) atoms. The second-order valence-corrected chi connectivity index (χ2v) is 5.00. The molecule has 1 aliphatic rings. The smallest absolute Gasteiger partial charge is 0.266 e. The number of nitrogens with one attached hydrogen (secondary N) is 1. The van der Waals surface area contributed by atoms with E-state index in [4.69, 9.17) is 5.11 Å². The zero-order chi connectivity index (χ0) is 12.3. The molecule has 2 heterocycles. The molecule has 0 saturated carbocycles. The maximum atomic E-state index is 11.5. The molecule has 1 aliphatic heterocycles. The summed E-state index contributed by atoms with van der Waals surface area (Å²) in [7, 11) is 0. The molecule has 0 radical (unpaired) electrons. The number of aromatic amines is 1. The van der Waals surface area contributed by atoms with Crippen LogP contribution in [-0.4, -0.2) is 59.3 Å². The van der Waals surface area contributed by atoms with Crippen molar-refractivity contribution in [3.8, 4) is 0 Å². The number of aliphatic hydroxyl groups is 1. The van der Waals surface area contributed by atoms with Crippen LogP contribution in [0.5, 0.6) is 0 Å².